The summed E-state index contributed by atoms with van der Waals surface area (Å²) in [5.74, 6) is -0.228. The first-order valence-corrected chi connectivity index (χ1v) is 10.4. The molecule has 0 atom stereocenters. The highest BCUT2D eigenvalue weighted by atomic mass is 79.9. The summed E-state index contributed by atoms with van der Waals surface area (Å²) in [6, 6.07) is 17.0. The normalized spacial score (nSPS) is 16.6. The van der Waals surface area contributed by atoms with E-state index in [1.165, 1.54) is 11.8 Å². The number of nitrogens with one attached hydrogen (secondary N) is 1. The molecule has 29 heavy (non-hydrogen) atoms. The highest BCUT2D eigenvalue weighted by Crippen LogP contribution is 2.28. The molecule has 0 radical (unpaired) electrons. The molecular weight excluding hydrogens is 452 g/mol. The minimum absolute atomic E-state index is 0.228. The van der Waals surface area contributed by atoms with Crippen LogP contribution < -0.4 is 10.9 Å². The van der Waals surface area contributed by atoms with Crippen LogP contribution in [0.1, 0.15) is 11.3 Å². The summed E-state index contributed by atoms with van der Waals surface area (Å²) in [4.78, 5) is 30.3. The van der Waals surface area contributed by atoms with Crippen LogP contribution in [0, 0.1) is 6.92 Å². The zero-order valence-corrected chi connectivity index (χ0v) is 18.1. The molecule has 1 aliphatic heterocycles. The summed E-state index contributed by atoms with van der Waals surface area (Å²) < 4.78 is 4.30. The summed E-state index contributed by atoms with van der Waals surface area (Å²) in [6.07, 6.45) is 1.80. The molecule has 1 amide bonds. The van der Waals surface area contributed by atoms with Crippen LogP contribution in [0.2, 0.25) is 0 Å². The highest BCUT2D eigenvalue weighted by molar-refractivity contribution is 9.10. The number of aromatic nitrogens is 2. The third kappa shape index (κ3) is 3.86. The molecule has 0 saturated carbocycles. The minimum atomic E-state index is -0.233. The van der Waals surface area contributed by atoms with Crippen LogP contribution in [0.4, 0.5) is 5.69 Å². The van der Waals surface area contributed by atoms with E-state index < -0.39 is 0 Å². The van der Waals surface area contributed by atoms with Crippen molar-refractivity contribution in [1.82, 2.24) is 14.7 Å². The van der Waals surface area contributed by atoms with Gasteiger partial charge in [-0.1, -0.05) is 46.3 Å². The van der Waals surface area contributed by atoms with E-state index in [2.05, 4.69) is 26.2 Å². The van der Waals surface area contributed by atoms with Gasteiger partial charge in [-0.05, 0) is 54.6 Å². The van der Waals surface area contributed by atoms with E-state index in [-0.39, 0.29) is 11.5 Å². The first-order valence-electron chi connectivity index (χ1n) is 8.83. The monoisotopic (exact) mass is 468 g/mol. The zero-order chi connectivity index (χ0) is 20.5. The zero-order valence-electron chi connectivity index (χ0n) is 15.7. The molecule has 6 nitrogen and oxygen atoms in total. The standard InChI is InChI=1S/C21H17BrN4O2S/c1-13-18(20(28)26(25(13)2)16-6-4-3-5-7-16)23-21-24-19(27)17(29-21)12-14-8-10-15(22)11-9-14/h3-12H,1-2H3,(H,23,24,27). The predicted molar refractivity (Wildman–Crippen MR) is 121 cm³/mol. The number of halogens is 1. The second kappa shape index (κ2) is 7.88. The largest absolute Gasteiger partial charge is 0.300 e. The lowest BCUT2D eigenvalue weighted by Gasteiger charge is -2.07. The molecule has 0 bridgehead atoms. The number of thioether (sulfide) groups is 1. The topological polar surface area (TPSA) is 68.4 Å². The van der Waals surface area contributed by atoms with Crippen LogP contribution in [-0.4, -0.2) is 20.4 Å². The predicted octanol–water partition coefficient (Wildman–Crippen LogP) is 4.14. The Morgan fingerprint density at radius 3 is 2.45 bits per heavy atom. The van der Waals surface area contributed by atoms with Gasteiger partial charge in [-0.2, -0.15) is 0 Å². The van der Waals surface area contributed by atoms with E-state index >= 15 is 0 Å². The number of aliphatic imine (C=N–C) groups is 1. The van der Waals surface area contributed by atoms with Gasteiger partial charge >= 0.3 is 0 Å². The number of rotatable bonds is 3. The SMILES string of the molecule is Cc1c(N=C2NC(=O)C(=Cc3ccc(Br)cc3)S2)c(=O)n(-c2ccccc2)n1C. The molecule has 0 aliphatic carbocycles. The highest BCUT2D eigenvalue weighted by Gasteiger charge is 2.25. The number of para-hydroxylation sites is 1. The molecular formula is C21H17BrN4O2S. The molecule has 146 valence electrons. The van der Waals surface area contributed by atoms with Gasteiger partial charge in [-0.3, -0.25) is 14.3 Å². The van der Waals surface area contributed by atoms with Crippen LogP contribution >= 0.6 is 27.7 Å². The van der Waals surface area contributed by atoms with E-state index in [1.807, 2.05) is 68.6 Å². The average Bonchev–Trinajstić information content (AvgIpc) is 3.16. The second-order valence-electron chi connectivity index (χ2n) is 6.44. The maximum absolute atomic E-state index is 13.0. The van der Waals surface area contributed by atoms with Crippen LogP contribution in [0.3, 0.4) is 0 Å². The van der Waals surface area contributed by atoms with E-state index in [1.54, 1.807) is 15.4 Å². The van der Waals surface area contributed by atoms with Crippen molar-refractivity contribution in [3.8, 4) is 5.69 Å². The van der Waals surface area contributed by atoms with Crippen molar-refractivity contribution in [3.05, 3.63) is 85.6 Å². The summed E-state index contributed by atoms with van der Waals surface area (Å²) in [7, 11) is 1.81. The number of hydrogen-bond acceptors (Lipinski definition) is 4. The molecule has 0 unspecified atom stereocenters. The van der Waals surface area contributed by atoms with Crippen molar-refractivity contribution in [2.24, 2.45) is 12.0 Å². The van der Waals surface area contributed by atoms with Crippen LogP contribution in [0.15, 0.2) is 73.8 Å². The Balaban J connectivity index is 1.68. The summed E-state index contributed by atoms with van der Waals surface area (Å²) >= 11 is 4.62. The second-order valence-corrected chi connectivity index (χ2v) is 8.39. The van der Waals surface area contributed by atoms with E-state index in [4.69, 9.17) is 0 Å². The molecule has 0 spiro atoms. The third-order valence-corrected chi connectivity index (χ3v) is 5.99. The smallest absolute Gasteiger partial charge is 0.297 e. The minimum Gasteiger partial charge on any atom is -0.300 e. The Morgan fingerprint density at radius 2 is 1.76 bits per heavy atom. The Bertz CT molecular complexity index is 1210. The average molecular weight is 469 g/mol. The van der Waals surface area contributed by atoms with Crippen LogP contribution in [-0.2, 0) is 11.8 Å². The van der Waals surface area contributed by atoms with Crippen molar-refractivity contribution >= 4 is 50.5 Å². The van der Waals surface area contributed by atoms with Crippen molar-refractivity contribution in [3.63, 3.8) is 0 Å². The van der Waals surface area contributed by atoms with Gasteiger partial charge < -0.3 is 5.32 Å². The van der Waals surface area contributed by atoms with Crippen LogP contribution in [0.5, 0.6) is 0 Å². The Kier molecular flexibility index (Phi) is 5.29. The summed E-state index contributed by atoms with van der Waals surface area (Å²) in [5, 5.41) is 3.14. The maximum Gasteiger partial charge on any atom is 0.297 e. The lowest BCUT2D eigenvalue weighted by molar-refractivity contribution is -0.115. The van der Waals surface area contributed by atoms with Crippen molar-refractivity contribution < 1.29 is 4.79 Å². The molecule has 8 heteroatoms. The van der Waals surface area contributed by atoms with Gasteiger partial charge in [0.1, 0.15) is 0 Å². The fraction of sp³-hybridized carbons (Fsp3) is 0.0952. The molecule has 1 aliphatic rings. The van der Waals surface area contributed by atoms with Gasteiger partial charge in [-0.25, -0.2) is 9.67 Å². The molecule has 1 N–H and O–H groups in total. The van der Waals surface area contributed by atoms with Gasteiger partial charge in [-0.15, -0.1) is 0 Å². The molecule has 3 aromatic rings. The maximum atomic E-state index is 13.0. The van der Waals surface area contributed by atoms with E-state index in [9.17, 15) is 9.59 Å². The fourth-order valence-electron chi connectivity index (χ4n) is 2.98. The van der Waals surface area contributed by atoms with Gasteiger partial charge in [0.15, 0.2) is 10.9 Å². The lowest BCUT2D eigenvalue weighted by Crippen LogP contribution is -2.21. The van der Waals surface area contributed by atoms with Gasteiger partial charge in [0.2, 0.25) is 0 Å². The van der Waals surface area contributed by atoms with Gasteiger partial charge in [0, 0.05) is 11.5 Å². The van der Waals surface area contributed by atoms with Crippen molar-refractivity contribution in [2.75, 3.05) is 0 Å². The Labute approximate surface area is 180 Å². The third-order valence-electron chi connectivity index (χ3n) is 4.56. The molecule has 1 fully saturated rings. The number of benzene rings is 2. The van der Waals surface area contributed by atoms with Gasteiger partial charge in [0.05, 0.1) is 16.3 Å². The number of carbonyl (C=O) groups excluding carboxylic acids is 1. The number of amides is 1. The quantitative estimate of drug-likeness (QED) is 0.587. The Morgan fingerprint density at radius 1 is 1.07 bits per heavy atom. The molecule has 1 saturated heterocycles. The van der Waals surface area contributed by atoms with E-state index in [0.29, 0.717) is 21.5 Å². The molecule has 2 aromatic carbocycles. The molecule has 4 rings (SSSR count). The first-order chi connectivity index (χ1) is 13.9. The van der Waals surface area contributed by atoms with E-state index in [0.717, 1.165) is 15.7 Å². The lowest BCUT2D eigenvalue weighted by atomic mass is 10.2. The van der Waals surface area contributed by atoms with Crippen molar-refractivity contribution in [1.29, 1.82) is 0 Å². The number of hydrogen-bond donors (Lipinski definition) is 1. The first kappa shape index (κ1) is 19.5. The number of carbonyl (C=O) groups is 1. The van der Waals surface area contributed by atoms with Gasteiger partial charge in [0.25, 0.3) is 11.5 Å². The fourth-order valence-corrected chi connectivity index (χ4v) is 4.07. The molecule has 2 heterocycles. The molecule has 1 aromatic heterocycles. The number of nitrogens with zero attached hydrogens (tertiary/aromatic N) is 3. The Hall–Kier alpha value is -2.84. The summed E-state index contributed by atoms with van der Waals surface area (Å²) in [5.41, 5.74) is 2.46. The van der Waals surface area contributed by atoms with Crippen molar-refractivity contribution in [2.45, 2.75) is 6.92 Å². The summed E-state index contributed by atoms with van der Waals surface area (Å²) in [6.45, 7) is 1.83. The number of amidine groups is 1. The van der Waals surface area contributed by atoms with Crippen LogP contribution in [0.25, 0.3) is 11.8 Å².